The summed E-state index contributed by atoms with van der Waals surface area (Å²) in [5.74, 6) is 0.954. The van der Waals surface area contributed by atoms with Crippen molar-refractivity contribution in [1.29, 1.82) is 0 Å². The fourth-order valence-electron chi connectivity index (χ4n) is 1.20. The molecular weight excluding hydrogens is 238 g/mol. The van der Waals surface area contributed by atoms with Crippen molar-refractivity contribution < 1.29 is 0 Å². The molecular formula is C13H18ClNS. The molecule has 0 heterocycles. The predicted octanol–water partition coefficient (Wildman–Crippen LogP) is 4.03. The van der Waals surface area contributed by atoms with Gasteiger partial charge in [0.25, 0.3) is 0 Å². The largest absolute Gasteiger partial charge is 0.313 e. The number of hydrogen-bond acceptors (Lipinski definition) is 2. The number of benzene rings is 1. The normalized spacial score (nSPS) is 11.8. The lowest BCUT2D eigenvalue weighted by Gasteiger charge is -2.04. The Labute approximate surface area is 107 Å². The number of rotatable bonds is 6. The summed E-state index contributed by atoms with van der Waals surface area (Å²) in [4.78, 5) is 1.29. The molecule has 3 heteroatoms. The van der Waals surface area contributed by atoms with Gasteiger partial charge < -0.3 is 5.32 Å². The lowest BCUT2D eigenvalue weighted by atomic mass is 10.2. The third kappa shape index (κ3) is 5.06. The van der Waals surface area contributed by atoms with E-state index in [1.54, 1.807) is 5.54 Å². The molecule has 1 aromatic rings. The van der Waals surface area contributed by atoms with Crippen molar-refractivity contribution in [3.63, 3.8) is 0 Å². The van der Waals surface area contributed by atoms with Crippen molar-refractivity contribution in [1.82, 2.24) is 5.32 Å². The van der Waals surface area contributed by atoms with Crippen LogP contribution >= 0.6 is 23.4 Å². The average molecular weight is 256 g/mol. The lowest BCUT2D eigenvalue weighted by molar-refractivity contribution is 0.726. The van der Waals surface area contributed by atoms with Crippen molar-refractivity contribution in [2.75, 3.05) is 12.3 Å². The van der Waals surface area contributed by atoms with E-state index < -0.39 is 0 Å². The standard InChI is InChI=1S/C13H18ClNS/c1-3-15-9-12-4-6-13(7-5-12)16-10-11(2)8-14/h4-8,15H,3,9-10H2,1-2H3/b11-8+. The van der Waals surface area contributed by atoms with Gasteiger partial charge in [-0.1, -0.05) is 36.2 Å². The maximum absolute atomic E-state index is 5.62. The zero-order valence-corrected chi connectivity index (χ0v) is 11.4. The van der Waals surface area contributed by atoms with Crippen LogP contribution in [0, 0.1) is 0 Å². The van der Waals surface area contributed by atoms with Crippen LogP contribution in [0.25, 0.3) is 0 Å². The van der Waals surface area contributed by atoms with Gasteiger partial charge in [-0.3, -0.25) is 0 Å². The van der Waals surface area contributed by atoms with E-state index in [-0.39, 0.29) is 0 Å². The molecule has 16 heavy (non-hydrogen) atoms. The second kappa shape index (κ2) is 7.77. The highest BCUT2D eigenvalue weighted by molar-refractivity contribution is 7.99. The molecule has 0 fully saturated rings. The highest BCUT2D eigenvalue weighted by atomic mass is 35.5. The molecule has 0 radical (unpaired) electrons. The smallest absolute Gasteiger partial charge is 0.0205 e. The Morgan fingerprint density at radius 1 is 1.38 bits per heavy atom. The summed E-state index contributed by atoms with van der Waals surface area (Å²) in [6.45, 7) is 6.11. The highest BCUT2D eigenvalue weighted by Gasteiger charge is 1.96. The molecule has 88 valence electrons. The topological polar surface area (TPSA) is 12.0 Å². The maximum Gasteiger partial charge on any atom is 0.0205 e. The molecule has 0 bridgehead atoms. The third-order valence-corrected chi connectivity index (χ3v) is 3.73. The zero-order valence-electron chi connectivity index (χ0n) is 9.79. The van der Waals surface area contributed by atoms with Crippen LogP contribution in [0.5, 0.6) is 0 Å². The molecule has 0 aliphatic carbocycles. The summed E-state index contributed by atoms with van der Waals surface area (Å²) in [7, 11) is 0. The fraction of sp³-hybridized carbons (Fsp3) is 0.385. The van der Waals surface area contributed by atoms with Crippen molar-refractivity contribution in [2.45, 2.75) is 25.3 Å². The molecule has 0 atom stereocenters. The van der Waals surface area contributed by atoms with Crippen LogP contribution in [-0.4, -0.2) is 12.3 Å². The minimum absolute atomic E-state index is 0.946. The van der Waals surface area contributed by atoms with E-state index >= 15 is 0 Å². The van der Waals surface area contributed by atoms with Gasteiger partial charge in [0.05, 0.1) is 0 Å². The lowest BCUT2D eigenvalue weighted by Crippen LogP contribution is -2.11. The summed E-state index contributed by atoms with van der Waals surface area (Å²) in [6, 6.07) is 8.67. The molecule has 0 aromatic heterocycles. The van der Waals surface area contributed by atoms with Gasteiger partial charge in [0.2, 0.25) is 0 Å². The van der Waals surface area contributed by atoms with E-state index in [1.165, 1.54) is 16.0 Å². The molecule has 0 aliphatic heterocycles. The first-order valence-electron chi connectivity index (χ1n) is 5.44. The summed E-state index contributed by atoms with van der Waals surface area (Å²) in [5.41, 5.74) is 4.17. The second-order valence-electron chi connectivity index (χ2n) is 3.67. The minimum Gasteiger partial charge on any atom is -0.313 e. The minimum atomic E-state index is 0.946. The molecule has 1 aromatic carbocycles. The van der Waals surface area contributed by atoms with Crippen LogP contribution in [0.15, 0.2) is 40.3 Å². The van der Waals surface area contributed by atoms with Crippen molar-refractivity contribution in [3.8, 4) is 0 Å². The van der Waals surface area contributed by atoms with E-state index in [2.05, 4.69) is 36.5 Å². The van der Waals surface area contributed by atoms with E-state index in [4.69, 9.17) is 11.6 Å². The van der Waals surface area contributed by atoms with Gasteiger partial charge in [-0.15, -0.1) is 11.8 Å². The van der Waals surface area contributed by atoms with Gasteiger partial charge in [-0.05, 0) is 31.2 Å². The molecule has 0 amide bonds. The monoisotopic (exact) mass is 255 g/mol. The number of halogens is 1. The van der Waals surface area contributed by atoms with E-state index in [1.807, 2.05) is 18.7 Å². The highest BCUT2D eigenvalue weighted by Crippen LogP contribution is 2.21. The van der Waals surface area contributed by atoms with Gasteiger partial charge in [-0.25, -0.2) is 0 Å². The Bertz CT molecular complexity index is 332. The Morgan fingerprint density at radius 2 is 2.06 bits per heavy atom. The SMILES string of the molecule is CCNCc1ccc(SC/C(C)=C/Cl)cc1. The Morgan fingerprint density at radius 3 is 2.62 bits per heavy atom. The van der Waals surface area contributed by atoms with Crippen LogP contribution in [0.1, 0.15) is 19.4 Å². The Kier molecular flexibility index (Phi) is 6.62. The van der Waals surface area contributed by atoms with Crippen LogP contribution < -0.4 is 5.32 Å². The first-order chi connectivity index (χ1) is 7.76. The summed E-state index contributed by atoms with van der Waals surface area (Å²) >= 11 is 7.43. The van der Waals surface area contributed by atoms with Crippen molar-refractivity contribution >= 4 is 23.4 Å². The van der Waals surface area contributed by atoms with Gasteiger partial charge in [0.15, 0.2) is 0 Å². The molecule has 1 nitrogen and oxygen atoms in total. The summed E-state index contributed by atoms with van der Waals surface area (Å²) < 4.78 is 0. The molecule has 0 spiro atoms. The number of hydrogen-bond donors (Lipinski definition) is 1. The van der Waals surface area contributed by atoms with Crippen molar-refractivity contribution in [2.24, 2.45) is 0 Å². The van der Waals surface area contributed by atoms with Crippen molar-refractivity contribution in [3.05, 3.63) is 40.9 Å². The molecule has 1 N–H and O–H groups in total. The predicted molar refractivity (Wildman–Crippen MR) is 74.2 cm³/mol. The quantitative estimate of drug-likeness (QED) is 0.771. The molecule has 0 saturated carbocycles. The summed E-state index contributed by atoms with van der Waals surface area (Å²) in [6.07, 6.45) is 0. The van der Waals surface area contributed by atoms with Gasteiger partial charge in [0.1, 0.15) is 0 Å². The molecule has 0 unspecified atom stereocenters. The van der Waals surface area contributed by atoms with E-state index in [0.717, 1.165) is 18.8 Å². The third-order valence-electron chi connectivity index (χ3n) is 2.16. The van der Waals surface area contributed by atoms with E-state index in [9.17, 15) is 0 Å². The Balaban J connectivity index is 2.45. The first kappa shape index (κ1) is 13.6. The number of nitrogens with one attached hydrogen (secondary N) is 1. The zero-order chi connectivity index (χ0) is 11.8. The second-order valence-corrected chi connectivity index (χ2v) is 4.94. The summed E-state index contributed by atoms with van der Waals surface area (Å²) in [5, 5.41) is 3.31. The van der Waals surface area contributed by atoms with Crippen LogP contribution in [0.3, 0.4) is 0 Å². The maximum atomic E-state index is 5.62. The van der Waals surface area contributed by atoms with Crippen LogP contribution in [0.2, 0.25) is 0 Å². The van der Waals surface area contributed by atoms with Gasteiger partial charge in [0, 0.05) is 22.7 Å². The van der Waals surface area contributed by atoms with Gasteiger partial charge >= 0.3 is 0 Å². The number of thioether (sulfide) groups is 1. The van der Waals surface area contributed by atoms with Gasteiger partial charge in [-0.2, -0.15) is 0 Å². The van der Waals surface area contributed by atoms with E-state index in [0.29, 0.717) is 0 Å². The van der Waals surface area contributed by atoms with Crippen LogP contribution in [0.4, 0.5) is 0 Å². The Hall–Kier alpha value is -0.440. The fourth-order valence-corrected chi connectivity index (χ4v) is 2.18. The molecule has 1 rings (SSSR count). The average Bonchev–Trinajstić information content (AvgIpc) is 2.34. The molecule has 0 saturated heterocycles. The van der Waals surface area contributed by atoms with Crippen LogP contribution in [-0.2, 0) is 6.54 Å². The molecule has 0 aliphatic rings. The first-order valence-corrected chi connectivity index (χ1v) is 6.86.